The predicted octanol–water partition coefficient (Wildman–Crippen LogP) is 3.36. The second-order valence-corrected chi connectivity index (χ2v) is 6.00. The van der Waals surface area contributed by atoms with Gasteiger partial charge in [0.25, 0.3) is 0 Å². The first kappa shape index (κ1) is 18.2. The maximum absolute atomic E-state index is 12.3. The molecule has 1 unspecified atom stereocenters. The van der Waals surface area contributed by atoms with Gasteiger partial charge in [-0.15, -0.1) is 0 Å². The fourth-order valence-corrected chi connectivity index (χ4v) is 2.62. The zero-order valence-electron chi connectivity index (χ0n) is 13.8. The van der Waals surface area contributed by atoms with Crippen molar-refractivity contribution in [3.05, 3.63) is 35.9 Å². The van der Waals surface area contributed by atoms with Crippen LogP contribution in [-0.2, 0) is 15.0 Å². The lowest BCUT2D eigenvalue weighted by Gasteiger charge is -2.27. The third-order valence-corrected chi connectivity index (χ3v) is 4.14. The van der Waals surface area contributed by atoms with E-state index < -0.39 is 11.4 Å². The molecule has 0 aliphatic heterocycles. The van der Waals surface area contributed by atoms with Crippen LogP contribution in [0.4, 0.5) is 0 Å². The minimum absolute atomic E-state index is 0.0242. The molecular formula is C18H27NO3. The first-order chi connectivity index (χ1) is 10.5. The number of amides is 1. The van der Waals surface area contributed by atoms with Crippen LogP contribution in [0.25, 0.3) is 0 Å². The number of hydrogen-bond acceptors (Lipinski definition) is 2. The first-order valence-electron chi connectivity index (χ1n) is 8.02. The number of benzene rings is 1. The van der Waals surface area contributed by atoms with Crippen molar-refractivity contribution in [3.8, 4) is 0 Å². The molecule has 0 saturated carbocycles. The van der Waals surface area contributed by atoms with E-state index >= 15 is 0 Å². The van der Waals surface area contributed by atoms with Crippen molar-refractivity contribution >= 4 is 11.9 Å². The molecule has 2 N–H and O–H groups in total. The number of aliphatic carboxylic acids is 1. The van der Waals surface area contributed by atoms with Crippen LogP contribution in [0.2, 0.25) is 0 Å². The molecule has 1 aromatic rings. The van der Waals surface area contributed by atoms with Crippen molar-refractivity contribution < 1.29 is 14.7 Å². The standard InChI is InChI=1S/C18H27NO3/c1-4-9-14(10-5-2)16(20)19-13-18(3,17(21)22)15-11-7-6-8-12-15/h6-8,11-12,14H,4-5,9-10,13H2,1-3H3,(H,19,20)(H,21,22). The van der Waals surface area contributed by atoms with E-state index in [-0.39, 0.29) is 18.4 Å². The topological polar surface area (TPSA) is 66.4 Å². The van der Waals surface area contributed by atoms with Crippen LogP contribution in [0.3, 0.4) is 0 Å². The van der Waals surface area contributed by atoms with Gasteiger partial charge in [0.1, 0.15) is 5.41 Å². The molecule has 122 valence electrons. The second-order valence-electron chi connectivity index (χ2n) is 6.00. The van der Waals surface area contributed by atoms with Crippen LogP contribution in [0.1, 0.15) is 52.0 Å². The number of nitrogens with one attached hydrogen (secondary N) is 1. The average molecular weight is 305 g/mol. The number of carbonyl (C=O) groups is 2. The van der Waals surface area contributed by atoms with E-state index in [1.807, 2.05) is 18.2 Å². The number of carboxylic acid groups (broad SMARTS) is 1. The van der Waals surface area contributed by atoms with Crippen LogP contribution in [-0.4, -0.2) is 23.5 Å². The predicted molar refractivity (Wildman–Crippen MR) is 87.7 cm³/mol. The lowest BCUT2D eigenvalue weighted by molar-refractivity contribution is -0.143. The van der Waals surface area contributed by atoms with Crippen LogP contribution in [0.15, 0.2) is 30.3 Å². The third-order valence-electron chi connectivity index (χ3n) is 4.14. The normalized spacial score (nSPS) is 13.6. The molecule has 0 radical (unpaired) electrons. The SMILES string of the molecule is CCCC(CCC)C(=O)NCC(C)(C(=O)O)c1ccccc1. The highest BCUT2D eigenvalue weighted by Crippen LogP contribution is 2.24. The van der Waals surface area contributed by atoms with Gasteiger partial charge in [-0.25, -0.2) is 0 Å². The van der Waals surface area contributed by atoms with Gasteiger partial charge < -0.3 is 10.4 Å². The summed E-state index contributed by atoms with van der Waals surface area (Å²) in [5.41, 5.74) is -0.412. The second kappa shape index (κ2) is 8.57. The Bertz CT molecular complexity index is 480. The Hall–Kier alpha value is -1.84. The summed E-state index contributed by atoms with van der Waals surface area (Å²) in [4.78, 5) is 24.0. The Balaban J connectivity index is 2.80. The van der Waals surface area contributed by atoms with Gasteiger partial charge in [-0.05, 0) is 25.3 Å². The third kappa shape index (κ3) is 4.58. The monoisotopic (exact) mass is 305 g/mol. The molecule has 0 saturated heterocycles. The van der Waals surface area contributed by atoms with Crippen molar-refractivity contribution in [2.45, 2.75) is 51.9 Å². The van der Waals surface area contributed by atoms with E-state index in [1.165, 1.54) is 0 Å². The van der Waals surface area contributed by atoms with Crippen molar-refractivity contribution in [2.24, 2.45) is 5.92 Å². The van der Waals surface area contributed by atoms with E-state index in [9.17, 15) is 14.7 Å². The molecule has 1 rings (SSSR count). The lowest BCUT2D eigenvalue weighted by Crippen LogP contribution is -2.45. The average Bonchev–Trinajstić information content (AvgIpc) is 2.52. The lowest BCUT2D eigenvalue weighted by atomic mass is 9.82. The van der Waals surface area contributed by atoms with Gasteiger partial charge in [0.15, 0.2) is 0 Å². The van der Waals surface area contributed by atoms with Crippen LogP contribution < -0.4 is 5.32 Å². The molecule has 0 spiro atoms. The van der Waals surface area contributed by atoms with Crippen molar-refractivity contribution in [2.75, 3.05) is 6.54 Å². The number of rotatable bonds is 9. The van der Waals surface area contributed by atoms with Crippen LogP contribution in [0, 0.1) is 5.92 Å². The fourth-order valence-electron chi connectivity index (χ4n) is 2.62. The van der Waals surface area contributed by atoms with Crippen molar-refractivity contribution in [1.29, 1.82) is 0 Å². The van der Waals surface area contributed by atoms with E-state index in [0.717, 1.165) is 25.7 Å². The summed E-state index contributed by atoms with van der Waals surface area (Å²) in [6, 6.07) is 9.05. The molecule has 0 bridgehead atoms. The Morgan fingerprint density at radius 3 is 2.14 bits per heavy atom. The molecule has 1 aromatic carbocycles. The Morgan fingerprint density at radius 1 is 1.14 bits per heavy atom. The summed E-state index contributed by atoms with van der Waals surface area (Å²) in [7, 11) is 0. The zero-order chi connectivity index (χ0) is 16.6. The smallest absolute Gasteiger partial charge is 0.315 e. The van der Waals surface area contributed by atoms with Gasteiger partial charge in [-0.1, -0.05) is 57.0 Å². The Labute approximate surface area is 132 Å². The molecule has 22 heavy (non-hydrogen) atoms. The summed E-state index contributed by atoms with van der Waals surface area (Å²) < 4.78 is 0. The number of carboxylic acids is 1. The minimum atomic E-state index is -1.11. The number of hydrogen-bond donors (Lipinski definition) is 2. The van der Waals surface area contributed by atoms with Gasteiger partial charge in [0.05, 0.1) is 0 Å². The van der Waals surface area contributed by atoms with Gasteiger partial charge >= 0.3 is 5.97 Å². The summed E-state index contributed by atoms with van der Waals surface area (Å²) in [5, 5.41) is 12.4. The van der Waals surface area contributed by atoms with Crippen molar-refractivity contribution in [1.82, 2.24) is 5.32 Å². The molecule has 4 nitrogen and oxygen atoms in total. The van der Waals surface area contributed by atoms with E-state index in [2.05, 4.69) is 19.2 Å². The zero-order valence-corrected chi connectivity index (χ0v) is 13.8. The molecular weight excluding hydrogens is 278 g/mol. The summed E-state index contributed by atoms with van der Waals surface area (Å²) in [6.07, 6.45) is 3.59. The van der Waals surface area contributed by atoms with E-state index in [0.29, 0.717) is 5.56 Å². The molecule has 0 aliphatic rings. The molecule has 0 aliphatic carbocycles. The van der Waals surface area contributed by atoms with Gasteiger partial charge in [-0.3, -0.25) is 9.59 Å². The number of carbonyl (C=O) groups excluding carboxylic acids is 1. The molecule has 1 atom stereocenters. The maximum Gasteiger partial charge on any atom is 0.315 e. The highest BCUT2D eigenvalue weighted by atomic mass is 16.4. The van der Waals surface area contributed by atoms with Gasteiger partial charge in [0, 0.05) is 12.5 Å². The van der Waals surface area contributed by atoms with E-state index in [1.54, 1.807) is 19.1 Å². The maximum atomic E-state index is 12.3. The molecule has 0 heterocycles. The largest absolute Gasteiger partial charge is 0.481 e. The Morgan fingerprint density at radius 2 is 1.68 bits per heavy atom. The van der Waals surface area contributed by atoms with Gasteiger partial charge in [-0.2, -0.15) is 0 Å². The summed E-state index contributed by atoms with van der Waals surface area (Å²) in [5.74, 6) is -0.988. The Kier molecular flexibility index (Phi) is 7.09. The summed E-state index contributed by atoms with van der Waals surface area (Å²) in [6.45, 7) is 5.87. The quantitative estimate of drug-likeness (QED) is 0.735. The van der Waals surface area contributed by atoms with E-state index in [4.69, 9.17) is 0 Å². The van der Waals surface area contributed by atoms with Crippen LogP contribution >= 0.6 is 0 Å². The molecule has 0 aromatic heterocycles. The molecule has 1 amide bonds. The molecule has 4 heteroatoms. The first-order valence-corrected chi connectivity index (χ1v) is 8.02. The highest BCUT2D eigenvalue weighted by molar-refractivity contribution is 5.84. The molecule has 0 fully saturated rings. The summed E-state index contributed by atoms with van der Waals surface area (Å²) >= 11 is 0. The van der Waals surface area contributed by atoms with Crippen molar-refractivity contribution in [3.63, 3.8) is 0 Å². The highest BCUT2D eigenvalue weighted by Gasteiger charge is 2.36. The fraction of sp³-hybridized carbons (Fsp3) is 0.556. The van der Waals surface area contributed by atoms with Gasteiger partial charge in [0.2, 0.25) is 5.91 Å². The minimum Gasteiger partial charge on any atom is -0.481 e. The van der Waals surface area contributed by atoms with Crippen LogP contribution in [0.5, 0.6) is 0 Å².